The lowest BCUT2D eigenvalue weighted by molar-refractivity contribution is 0.614. The van der Waals surface area contributed by atoms with Gasteiger partial charge in [-0.05, 0) is 31.7 Å². The third kappa shape index (κ3) is 4.32. The highest BCUT2D eigenvalue weighted by Crippen LogP contribution is 2.21. The average molecular weight is 288 g/mol. The smallest absolute Gasteiger partial charge is 0.224 e. The van der Waals surface area contributed by atoms with E-state index < -0.39 is 0 Å². The van der Waals surface area contributed by atoms with E-state index in [9.17, 15) is 0 Å². The van der Waals surface area contributed by atoms with Crippen LogP contribution in [0.15, 0.2) is 12.3 Å². The van der Waals surface area contributed by atoms with E-state index in [4.69, 9.17) is 4.98 Å². The summed E-state index contributed by atoms with van der Waals surface area (Å²) < 4.78 is 0. The quantitative estimate of drug-likeness (QED) is 0.854. The molecule has 4 heteroatoms. The summed E-state index contributed by atoms with van der Waals surface area (Å²) in [5.41, 5.74) is 0. The van der Waals surface area contributed by atoms with Crippen molar-refractivity contribution in [2.45, 2.75) is 70.3 Å². The maximum Gasteiger partial charge on any atom is 0.224 e. The molecule has 0 bridgehead atoms. The Bertz CT molecular complexity index is 419. The molecule has 116 valence electrons. The lowest BCUT2D eigenvalue weighted by Gasteiger charge is -2.22. The Morgan fingerprint density at radius 2 is 1.57 bits per heavy atom. The molecule has 0 atom stereocenters. The summed E-state index contributed by atoms with van der Waals surface area (Å²) in [6.45, 7) is 2.28. The molecule has 4 nitrogen and oxygen atoms in total. The van der Waals surface area contributed by atoms with E-state index >= 15 is 0 Å². The molecule has 2 aliphatic rings. The van der Waals surface area contributed by atoms with Gasteiger partial charge in [0.25, 0.3) is 0 Å². The van der Waals surface area contributed by atoms with E-state index in [1.54, 1.807) is 0 Å². The van der Waals surface area contributed by atoms with Crippen LogP contribution < -0.4 is 10.2 Å². The van der Waals surface area contributed by atoms with Gasteiger partial charge in [0.15, 0.2) is 0 Å². The molecule has 0 unspecified atom stereocenters. The Balaban J connectivity index is 1.64. The molecule has 21 heavy (non-hydrogen) atoms. The van der Waals surface area contributed by atoms with E-state index in [-0.39, 0.29) is 0 Å². The second kappa shape index (κ2) is 7.62. The maximum atomic E-state index is 4.77. The van der Waals surface area contributed by atoms with Crippen molar-refractivity contribution >= 4 is 11.8 Å². The number of nitrogens with zero attached hydrogens (tertiary/aromatic N) is 3. The minimum Gasteiger partial charge on any atom is -0.356 e. The van der Waals surface area contributed by atoms with Crippen molar-refractivity contribution in [2.24, 2.45) is 0 Å². The van der Waals surface area contributed by atoms with Crippen LogP contribution in [-0.2, 0) is 0 Å². The number of nitrogens with one attached hydrogen (secondary N) is 1. The fourth-order valence-corrected chi connectivity index (χ4v) is 3.50. The van der Waals surface area contributed by atoms with Crippen molar-refractivity contribution in [1.82, 2.24) is 9.97 Å². The van der Waals surface area contributed by atoms with E-state index in [1.165, 1.54) is 64.2 Å². The molecule has 1 aliphatic carbocycles. The lowest BCUT2D eigenvalue weighted by Crippen LogP contribution is -2.26. The second-order valence-electron chi connectivity index (χ2n) is 6.47. The number of hydrogen-bond acceptors (Lipinski definition) is 4. The summed E-state index contributed by atoms with van der Waals surface area (Å²) >= 11 is 0. The van der Waals surface area contributed by atoms with E-state index in [0.29, 0.717) is 6.04 Å². The van der Waals surface area contributed by atoms with Gasteiger partial charge in [-0.25, -0.2) is 4.98 Å². The van der Waals surface area contributed by atoms with Crippen molar-refractivity contribution < 1.29 is 0 Å². The minimum atomic E-state index is 0.562. The first-order valence-electron chi connectivity index (χ1n) is 8.76. The molecular formula is C17H28N4. The predicted molar refractivity (Wildman–Crippen MR) is 87.8 cm³/mol. The van der Waals surface area contributed by atoms with Crippen LogP contribution in [-0.4, -0.2) is 29.1 Å². The molecule has 1 aromatic rings. The molecule has 3 rings (SSSR count). The molecule has 1 N–H and O–H groups in total. The van der Waals surface area contributed by atoms with Crippen LogP contribution in [0.3, 0.4) is 0 Å². The Kier molecular flexibility index (Phi) is 5.30. The highest BCUT2D eigenvalue weighted by molar-refractivity contribution is 5.42. The number of aromatic nitrogens is 2. The van der Waals surface area contributed by atoms with Gasteiger partial charge in [-0.1, -0.05) is 38.5 Å². The minimum absolute atomic E-state index is 0.562. The fraction of sp³-hybridized carbons (Fsp3) is 0.765. The van der Waals surface area contributed by atoms with Gasteiger partial charge < -0.3 is 10.2 Å². The highest BCUT2D eigenvalue weighted by atomic mass is 15.2. The maximum absolute atomic E-state index is 4.77. The van der Waals surface area contributed by atoms with Crippen LogP contribution >= 0.6 is 0 Å². The zero-order chi connectivity index (χ0) is 14.3. The van der Waals surface area contributed by atoms with Crippen LogP contribution in [0.1, 0.15) is 64.2 Å². The summed E-state index contributed by atoms with van der Waals surface area (Å²) in [7, 11) is 0. The highest BCUT2D eigenvalue weighted by Gasteiger charge is 2.15. The molecule has 1 saturated carbocycles. The molecule has 1 aliphatic heterocycles. The van der Waals surface area contributed by atoms with Gasteiger partial charge >= 0.3 is 0 Å². The Morgan fingerprint density at radius 1 is 0.905 bits per heavy atom. The Hall–Kier alpha value is -1.32. The summed E-state index contributed by atoms with van der Waals surface area (Å²) in [4.78, 5) is 11.6. The molecule has 0 amide bonds. The zero-order valence-corrected chi connectivity index (χ0v) is 13.1. The largest absolute Gasteiger partial charge is 0.356 e. The molecule has 2 fully saturated rings. The third-order valence-corrected chi connectivity index (χ3v) is 4.76. The molecular weight excluding hydrogens is 260 g/mol. The first-order valence-corrected chi connectivity index (χ1v) is 8.76. The van der Waals surface area contributed by atoms with Crippen molar-refractivity contribution in [3.63, 3.8) is 0 Å². The molecule has 0 spiro atoms. The van der Waals surface area contributed by atoms with Gasteiger partial charge in [0.05, 0.1) is 0 Å². The van der Waals surface area contributed by atoms with Crippen molar-refractivity contribution in [3.05, 3.63) is 12.3 Å². The Morgan fingerprint density at radius 3 is 2.29 bits per heavy atom. The average Bonchev–Trinajstić information content (AvgIpc) is 2.92. The standard InChI is InChI=1S/C17H28N4/c1-2-6-10-15(9-5-1)19-17-18-12-11-16(20-17)21-13-7-3-4-8-14-21/h11-12,15H,1-10,13-14H2,(H,18,19,20). The van der Waals surface area contributed by atoms with E-state index in [2.05, 4.69) is 21.3 Å². The Labute approximate surface area is 128 Å². The SMILES string of the molecule is c1cc(N2CCCCCC2)nc(NC2CCCCCC2)n1. The number of rotatable bonds is 3. The van der Waals surface area contributed by atoms with Crippen molar-refractivity contribution in [3.8, 4) is 0 Å². The third-order valence-electron chi connectivity index (χ3n) is 4.76. The van der Waals surface area contributed by atoms with Crippen molar-refractivity contribution in [1.29, 1.82) is 0 Å². The summed E-state index contributed by atoms with van der Waals surface area (Å²) in [5, 5.41) is 3.57. The van der Waals surface area contributed by atoms with Crippen LogP contribution in [0.25, 0.3) is 0 Å². The second-order valence-corrected chi connectivity index (χ2v) is 6.47. The van der Waals surface area contributed by atoms with Gasteiger partial charge in [-0.3, -0.25) is 0 Å². The monoisotopic (exact) mass is 288 g/mol. The number of hydrogen-bond donors (Lipinski definition) is 1. The zero-order valence-electron chi connectivity index (χ0n) is 13.1. The first kappa shape index (κ1) is 14.6. The molecule has 0 aromatic carbocycles. The van der Waals surface area contributed by atoms with Gasteiger partial charge in [0.2, 0.25) is 5.95 Å². The fourth-order valence-electron chi connectivity index (χ4n) is 3.50. The van der Waals surface area contributed by atoms with Gasteiger partial charge in [-0.15, -0.1) is 0 Å². The predicted octanol–water partition coefficient (Wildman–Crippen LogP) is 3.99. The van der Waals surface area contributed by atoms with Crippen molar-refractivity contribution in [2.75, 3.05) is 23.3 Å². The molecule has 1 saturated heterocycles. The van der Waals surface area contributed by atoms with E-state index in [1.807, 2.05) is 6.20 Å². The lowest BCUT2D eigenvalue weighted by atomic mass is 10.1. The van der Waals surface area contributed by atoms with Crippen LogP contribution in [0.5, 0.6) is 0 Å². The van der Waals surface area contributed by atoms with Crippen LogP contribution in [0, 0.1) is 0 Å². The van der Waals surface area contributed by atoms with E-state index in [0.717, 1.165) is 24.9 Å². The van der Waals surface area contributed by atoms with Crippen LogP contribution in [0.2, 0.25) is 0 Å². The number of anilines is 2. The first-order chi connectivity index (χ1) is 10.4. The van der Waals surface area contributed by atoms with Gasteiger partial charge in [0, 0.05) is 25.3 Å². The molecule has 2 heterocycles. The normalized spacial score (nSPS) is 21.6. The summed E-state index contributed by atoms with van der Waals surface area (Å²) in [5.74, 6) is 1.92. The summed E-state index contributed by atoms with van der Waals surface area (Å²) in [6.07, 6.45) is 15.2. The summed E-state index contributed by atoms with van der Waals surface area (Å²) in [6, 6.07) is 2.62. The van der Waals surface area contributed by atoms with Gasteiger partial charge in [-0.2, -0.15) is 4.98 Å². The van der Waals surface area contributed by atoms with Crippen LogP contribution in [0.4, 0.5) is 11.8 Å². The van der Waals surface area contributed by atoms with Gasteiger partial charge in [0.1, 0.15) is 5.82 Å². The topological polar surface area (TPSA) is 41.1 Å². The molecule has 0 radical (unpaired) electrons. The molecule has 1 aromatic heterocycles.